The van der Waals surface area contributed by atoms with Gasteiger partial charge in [0.15, 0.2) is 6.61 Å². The predicted molar refractivity (Wildman–Crippen MR) is 65.9 cm³/mol. The fourth-order valence-electron chi connectivity index (χ4n) is 1.19. The van der Waals surface area contributed by atoms with Crippen LogP contribution in [0.1, 0.15) is 5.56 Å². The summed E-state index contributed by atoms with van der Waals surface area (Å²) in [4.78, 5) is 10.9. The van der Waals surface area contributed by atoms with Gasteiger partial charge in [-0.3, -0.25) is 10.2 Å². The highest BCUT2D eigenvalue weighted by atomic mass is 79.9. The average Bonchev–Trinajstić information content (AvgIpc) is 2.28. The predicted octanol–water partition coefficient (Wildman–Crippen LogP) is 1.55. The number of amides is 1. The van der Waals surface area contributed by atoms with E-state index in [0.29, 0.717) is 12.2 Å². The standard InChI is InChI=1S/C11H13BrN2O2/c1-2-3-8-6-9(12)4-5-10(8)16-7-11(15)14-13/h2,4-6H,1,3,7,13H2,(H,14,15). The number of halogens is 1. The van der Waals surface area contributed by atoms with Gasteiger partial charge in [0.05, 0.1) is 0 Å². The zero-order chi connectivity index (χ0) is 12.0. The Balaban J connectivity index is 2.77. The lowest BCUT2D eigenvalue weighted by Gasteiger charge is -2.10. The van der Waals surface area contributed by atoms with Gasteiger partial charge in [0.2, 0.25) is 0 Å². The van der Waals surface area contributed by atoms with Gasteiger partial charge < -0.3 is 4.74 Å². The van der Waals surface area contributed by atoms with Crippen LogP contribution in [0.3, 0.4) is 0 Å². The number of hydrogen-bond acceptors (Lipinski definition) is 3. The topological polar surface area (TPSA) is 64.3 Å². The van der Waals surface area contributed by atoms with Crippen LogP contribution in [-0.2, 0) is 11.2 Å². The second-order valence-corrected chi connectivity index (χ2v) is 4.02. The van der Waals surface area contributed by atoms with Crippen LogP contribution in [-0.4, -0.2) is 12.5 Å². The summed E-state index contributed by atoms with van der Waals surface area (Å²) in [5, 5.41) is 0. The molecule has 0 aromatic heterocycles. The van der Waals surface area contributed by atoms with Gasteiger partial charge in [0.1, 0.15) is 5.75 Å². The van der Waals surface area contributed by atoms with Gasteiger partial charge in [-0.1, -0.05) is 22.0 Å². The molecule has 0 spiro atoms. The molecular weight excluding hydrogens is 272 g/mol. The summed E-state index contributed by atoms with van der Waals surface area (Å²) < 4.78 is 6.30. The minimum absolute atomic E-state index is 0.0950. The minimum atomic E-state index is -0.368. The van der Waals surface area contributed by atoms with E-state index in [1.165, 1.54) is 0 Å². The maximum absolute atomic E-state index is 10.9. The molecule has 0 saturated carbocycles. The SMILES string of the molecule is C=CCc1cc(Br)ccc1OCC(=O)NN. The Labute approximate surface area is 103 Å². The number of hydrogen-bond donors (Lipinski definition) is 2. The largest absolute Gasteiger partial charge is 0.483 e. The van der Waals surface area contributed by atoms with Crippen LogP contribution < -0.4 is 16.0 Å². The monoisotopic (exact) mass is 284 g/mol. The first-order chi connectivity index (χ1) is 7.67. The molecule has 0 heterocycles. The Hall–Kier alpha value is -1.33. The Kier molecular flexibility index (Phi) is 5.01. The first-order valence-electron chi connectivity index (χ1n) is 4.69. The van der Waals surface area contributed by atoms with Crippen molar-refractivity contribution in [2.45, 2.75) is 6.42 Å². The Morgan fingerprint density at radius 1 is 1.62 bits per heavy atom. The van der Waals surface area contributed by atoms with Crippen LogP contribution in [0.25, 0.3) is 0 Å². The zero-order valence-corrected chi connectivity index (χ0v) is 10.3. The van der Waals surface area contributed by atoms with Crippen molar-refractivity contribution >= 4 is 21.8 Å². The number of carbonyl (C=O) groups excluding carboxylic acids is 1. The Morgan fingerprint density at radius 2 is 2.38 bits per heavy atom. The van der Waals surface area contributed by atoms with E-state index in [9.17, 15) is 4.79 Å². The molecule has 0 aliphatic heterocycles. The van der Waals surface area contributed by atoms with Crippen molar-refractivity contribution in [2.24, 2.45) is 5.84 Å². The summed E-state index contributed by atoms with van der Waals surface area (Å²) in [6.45, 7) is 3.57. The molecule has 16 heavy (non-hydrogen) atoms. The summed E-state index contributed by atoms with van der Waals surface area (Å²) in [7, 11) is 0. The molecule has 0 fully saturated rings. The van der Waals surface area contributed by atoms with E-state index in [2.05, 4.69) is 22.5 Å². The Bertz CT molecular complexity index is 394. The fraction of sp³-hybridized carbons (Fsp3) is 0.182. The van der Waals surface area contributed by atoms with Gasteiger partial charge >= 0.3 is 0 Å². The van der Waals surface area contributed by atoms with Gasteiger partial charge in [-0.2, -0.15) is 0 Å². The van der Waals surface area contributed by atoms with Crippen LogP contribution in [0.2, 0.25) is 0 Å². The normalized spacial score (nSPS) is 9.62. The first kappa shape index (κ1) is 12.7. The fourth-order valence-corrected chi connectivity index (χ4v) is 1.60. The maximum Gasteiger partial charge on any atom is 0.271 e. The van der Waals surface area contributed by atoms with Crippen LogP contribution >= 0.6 is 15.9 Å². The Morgan fingerprint density at radius 3 is 3.00 bits per heavy atom. The maximum atomic E-state index is 10.9. The lowest BCUT2D eigenvalue weighted by Crippen LogP contribution is -2.34. The van der Waals surface area contributed by atoms with Crippen molar-refractivity contribution < 1.29 is 9.53 Å². The second-order valence-electron chi connectivity index (χ2n) is 3.10. The summed E-state index contributed by atoms with van der Waals surface area (Å²) in [5.41, 5.74) is 2.97. The molecule has 0 bridgehead atoms. The lowest BCUT2D eigenvalue weighted by molar-refractivity contribution is -0.123. The minimum Gasteiger partial charge on any atom is -0.483 e. The summed E-state index contributed by atoms with van der Waals surface area (Å²) in [6.07, 6.45) is 2.46. The van der Waals surface area contributed by atoms with Gasteiger partial charge in [-0.05, 0) is 30.2 Å². The highest BCUT2D eigenvalue weighted by Gasteiger charge is 2.05. The molecule has 3 N–H and O–H groups in total. The molecule has 1 amide bonds. The average molecular weight is 285 g/mol. The number of carbonyl (C=O) groups is 1. The molecule has 4 nitrogen and oxygen atoms in total. The van der Waals surface area contributed by atoms with Gasteiger partial charge in [-0.25, -0.2) is 5.84 Å². The van der Waals surface area contributed by atoms with Gasteiger partial charge in [-0.15, -0.1) is 6.58 Å². The molecular formula is C11H13BrN2O2. The lowest BCUT2D eigenvalue weighted by atomic mass is 10.1. The quantitative estimate of drug-likeness (QED) is 0.373. The van der Waals surface area contributed by atoms with Crippen LogP contribution in [0.5, 0.6) is 5.75 Å². The molecule has 0 aliphatic rings. The van der Waals surface area contributed by atoms with E-state index < -0.39 is 0 Å². The summed E-state index contributed by atoms with van der Waals surface area (Å²) >= 11 is 3.37. The molecule has 0 unspecified atom stereocenters. The van der Waals surface area contributed by atoms with E-state index in [4.69, 9.17) is 10.6 Å². The highest BCUT2D eigenvalue weighted by Crippen LogP contribution is 2.23. The van der Waals surface area contributed by atoms with E-state index in [-0.39, 0.29) is 12.5 Å². The molecule has 0 aliphatic carbocycles. The number of rotatable bonds is 5. The molecule has 86 valence electrons. The van der Waals surface area contributed by atoms with E-state index in [0.717, 1.165) is 10.0 Å². The highest BCUT2D eigenvalue weighted by molar-refractivity contribution is 9.10. The smallest absolute Gasteiger partial charge is 0.271 e. The molecule has 0 atom stereocenters. The van der Waals surface area contributed by atoms with E-state index in [1.807, 2.05) is 17.6 Å². The van der Waals surface area contributed by atoms with Crippen LogP contribution in [0.4, 0.5) is 0 Å². The number of benzene rings is 1. The molecule has 5 heteroatoms. The molecule has 1 aromatic carbocycles. The third kappa shape index (κ3) is 3.67. The van der Waals surface area contributed by atoms with Crippen LogP contribution in [0.15, 0.2) is 35.3 Å². The second kappa shape index (κ2) is 6.30. The summed E-state index contributed by atoms with van der Waals surface area (Å²) in [5.74, 6) is 5.24. The number of nitrogens with two attached hydrogens (primary N) is 1. The van der Waals surface area contributed by atoms with Gasteiger partial charge in [0.25, 0.3) is 5.91 Å². The van der Waals surface area contributed by atoms with Crippen molar-refractivity contribution in [3.8, 4) is 5.75 Å². The third-order valence-corrected chi connectivity index (χ3v) is 2.40. The van der Waals surface area contributed by atoms with Crippen molar-refractivity contribution in [1.82, 2.24) is 5.43 Å². The molecule has 1 rings (SSSR count). The van der Waals surface area contributed by atoms with Gasteiger partial charge in [0, 0.05) is 4.47 Å². The molecule has 0 radical (unpaired) electrons. The third-order valence-electron chi connectivity index (χ3n) is 1.91. The first-order valence-corrected chi connectivity index (χ1v) is 5.48. The number of ether oxygens (including phenoxy) is 1. The number of allylic oxidation sites excluding steroid dienone is 1. The van der Waals surface area contributed by atoms with E-state index in [1.54, 1.807) is 12.1 Å². The zero-order valence-electron chi connectivity index (χ0n) is 8.70. The number of hydrazine groups is 1. The van der Waals surface area contributed by atoms with Crippen molar-refractivity contribution in [2.75, 3.05) is 6.61 Å². The number of nitrogens with one attached hydrogen (secondary N) is 1. The summed E-state index contributed by atoms with van der Waals surface area (Å²) in [6, 6.07) is 5.58. The van der Waals surface area contributed by atoms with Crippen molar-refractivity contribution in [1.29, 1.82) is 0 Å². The molecule has 0 saturated heterocycles. The molecule has 1 aromatic rings. The van der Waals surface area contributed by atoms with Crippen LogP contribution in [0, 0.1) is 0 Å². The van der Waals surface area contributed by atoms with Crippen molar-refractivity contribution in [3.63, 3.8) is 0 Å². The van der Waals surface area contributed by atoms with Crippen molar-refractivity contribution in [3.05, 3.63) is 40.9 Å². The van der Waals surface area contributed by atoms with E-state index >= 15 is 0 Å².